The zero-order chi connectivity index (χ0) is 23.5. The van der Waals surface area contributed by atoms with Crippen LogP contribution in [0.25, 0.3) is 0 Å². The van der Waals surface area contributed by atoms with Gasteiger partial charge >= 0.3 is 0 Å². The Kier molecular flexibility index (Phi) is 6.03. The van der Waals surface area contributed by atoms with Gasteiger partial charge in [-0.2, -0.15) is 0 Å². The molecule has 0 spiro atoms. The Balaban J connectivity index is 1.62. The van der Waals surface area contributed by atoms with E-state index >= 15 is 4.39 Å². The fourth-order valence-corrected chi connectivity index (χ4v) is 4.30. The van der Waals surface area contributed by atoms with Gasteiger partial charge in [0.1, 0.15) is 11.6 Å². The molecule has 4 aromatic rings. The first-order chi connectivity index (χ1) is 16.6. The van der Waals surface area contributed by atoms with Crippen LogP contribution in [0, 0.1) is 11.6 Å². The average Bonchev–Trinajstić information content (AvgIpc) is 3.38. The van der Waals surface area contributed by atoms with E-state index in [0.717, 1.165) is 41.8 Å². The standard InChI is InChI=1S/C26H23F2N5O/c1-34-24-15-19(20(28)16-31-24)25-26(17-8-10-18(27)11-9-17)33(14-4-7-23-29-12-13-30-23)22-6-3-2-5-21(22)32-25/h2-3,5-6,8-13,15-16,26H,4,7,14H2,1H3,(H,29,30). The number of pyridine rings is 1. The summed E-state index contributed by atoms with van der Waals surface area (Å²) < 4.78 is 34.1. The number of aromatic amines is 1. The van der Waals surface area contributed by atoms with Crippen molar-refractivity contribution in [1.82, 2.24) is 15.0 Å². The van der Waals surface area contributed by atoms with Crippen LogP contribution >= 0.6 is 0 Å². The van der Waals surface area contributed by atoms with Gasteiger partial charge in [0, 0.05) is 37.0 Å². The summed E-state index contributed by atoms with van der Waals surface area (Å²) in [6, 6.07) is 15.2. The predicted octanol–water partition coefficient (Wildman–Crippen LogP) is 5.41. The smallest absolute Gasteiger partial charge is 0.213 e. The SMILES string of the molecule is COc1cc(C2=Nc3ccccc3N(CCCc3ncc[nH]3)C2c2ccc(F)cc2)c(F)cn1. The molecule has 1 aliphatic heterocycles. The first-order valence-electron chi connectivity index (χ1n) is 11.0. The number of ether oxygens (including phenoxy) is 1. The van der Waals surface area contributed by atoms with Gasteiger partial charge in [-0.25, -0.2) is 23.7 Å². The molecule has 0 saturated heterocycles. The van der Waals surface area contributed by atoms with Crippen molar-refractivity contribution >= 4 is 17.1 Å². The van der Waals surface area contributed by atoms with Crippen LogP contribution in [0.1, 0.15) is 29.4 Å². The number of hydrogen-bond acceptors (Lipinski definition) is 5. The van der Waals surface area contributed by atoms with Gasteiger partial charge in [-0.3, -0.25) is 0 Å². The number of imidazole rings is 1. The number of anilines is 1. The molecule has 1 atom stereocenters. The van der Waals surface area contributed by atoms with Crippen LogP contribution < -0.4 is 9.64 Å². The van der Waals surface area contributed by atoms with Gasteiger partial charge in [0.15, 0.2) is 5.82 Å². The van der Waals surface area contributed by atoms with Crippen molar-refractivity contribution in [1.29, 1.82) is 0 Å². The normalized spacial score (nSPS) is 15.1. The van der Waals surface area contributed by atoms with Crippen molar-refractivity contribution in [3.63, 3.8) is 0 Å². The average molecular weight is 460 g/mol. The number of nitrogens with zero attached hydrogens (tertiary/aromatic N) is 4. The molecule has 172 valence electrons. The Hall–Kier alpha value is -4.07. The molecule has 34 heavy (non-hydrogen) atoms. The van der Waals surface area contributed by atoms with E-state index in [-0.39, 0.29) is 5.82 Å². The van der Waals surface area contributed by atoms with E-state index in [1.807, 2.05) is 24.3 Å². The Labute approximate surface area is 196 Å². The van der Waals surface area contributed by atoms with Gasteiger partial charge in [-0.1, -0.05) is 24.3 Å². The van der Waals surface area contributed by atoms with Gasteiger partial charge in [0.25, 0.3) is 0 Å². The van der Waals surface area contributed by atoms with Crippen LogP contribution in [0.3, 0.4) is 0 Å². The topological polar surface area (TPSA) is 66.4 Å². The number of aliphatic imine (C=N–C) groups is 1. The van der Waals surface area contributed by atoms with Crippen LogP contribution in [0.4, 0.5) is 20.2 Å². The van der Waals surface area contributed by atoms with Crippen LogP contribution in [-0.2, 0) is 6.42 Å². The molecule has 2 aromatic heterocycles. The third kappa shape index (κ3) is 4.26. The highest BCUT2D eigenvalue weighted by Gasteiger charge is 2.33. The van der Waals surface area contributed by atoms with E-state index in [1.165, 1.54) is 19.2 Å². The molecule has 3 heterocycles. The lowest BCUT2D eigenvalue weighted by Gasteiger charge is -2.39. The largest absolute Gasteiger partial charge is 0.481 e. The fraction of sp³-hybridized carbons (Fsp3) is 0.192. The number of halogens is 2. The predicted molar refractivity (Wildman–Crippen MR) is 127 cm³/mol. The Morgan fingerprint density at radius 3 is 2.65 bits per heavy atom. The number of para-hydroxylation sites is 2. The number of aryl methyl sites for hydroxylation is 1. The minimum absolute atomic E-state index is 0.292. The quantitative estimate of drug-likeness (QED) is 0.402. The molecular formula is C26H23F2N5O. The van der Waals surface area contributed by atoms with Gasteiger partial charge < -0.3 is 14.6 Å². The van der Waals surface area contributed by atoms with Crippen molar-refractivity contribution in [2.75, 3.05) is 18.6 Å². The maximum atomic E-state index is 15.1. The molecule has 0 radical (unpaired) electrons. The molecule has 1 unspecified atom stereocenters. The first kappa shape index (κ1) is 21.8. The molecule has 1 N–H and O–H groups in total. The van der Waals surface area contributed by atoms with E-state index in [4.69, 9.17) is 9.73 Å². The monoisotopic (exact) mass is 459 g/mol. The van der Waals surface area contributed by atoms with Crippen LogP contribution in [-0.4, -0.2) is 34.3 Å². The second kappa shape index (κ2) is 9.43. The molecule has 0 bridgehead atoms. The van der Waals surface area contributed by atoms with Crippen molar-refractivity contribution in [2.45, 2.75) is 18.9 Å². The van der Waals surface area contributed by atoms with Crippen LogP contribution in [0.15, 0.2) is 78.2 Å². The maximum absolute atomic E-state index is 15.1. The number of aromatic nitrogens is 3. The number of rotatable bonds is 7. The lowest BCUT2D eigenvalue weighted by atomic mass is 9.92. The lowest BCUT2D eigenvalue weighted by molar-refractivity contribution is 0.395. The fourth-order valence-electron chi connectivity index (χ4n) is 4.30. The highest BCUT2D eigenvalue weighted by Crippen LogP contribution is 2.42. The number of benzene rings is 2. The summed E-state index contributed by atoms with van der Waals surface area (Å²) in [4.78, 5) is 18.5. The number of methoxy groups -OCH3 is 1. The molecule has 6 nitrogen and oxygen atoms in total. The van der Waals surface area contributed by atoms with Crippen molar-refractivity contribution in [3.8, 4) is 5.88 Å². The van der Waals surface area contributed by atoms with Crippen molar-refractivity contribution in [2.24, 2.45) is 4.99 Å². The molecule has 5 rings (SSSR count). The molecule has 0 aliphatic carbocycles. The van der Waals surface area contributed by atoms with E-state index in [2.05, 4.69) is 19.9 Å². The highest BCUT2D eigenvalue weighted by molar-refractivity contribution is 6.10. The van der Waals surface area contributed by atoms with Gasteiger partial charge in [-0.05, 0) is 36.2 Å². The zero-order valence-corrected chi connectivity index (χ0v) is 18.6. The minimum atomic E-state index is -0.499. The van der Waals surface area contributed by atoms with Crippen molar-refractivity contribution in [3.05, 3.63) is 102 Å². The summed E-state index contributed by atoms with van der Waals surface area (Å²) in [7, 11) is 1.49. The minimum Gasteiger partial charge on any atom is -0.481 e. The molecular weight excluding hydrogens is 436 g/mol. The van der Waals surface area contributed by atoms with E-state index in [1.54, 1.807) is 30.6 Å². The summed E-state index contributed by atoms with van der Waals surface area (Å²) in [6.45, 7) is 0.655. The second-order valence-corrected chi connectivity index (χ2v) is 7.98. The highest BCUT2D eigenvalue weighted by atomic mass is 19.1. The van der Waals surface area contributed by atoms with E-state index in [0.29, 0.717) is 23.7 Å². The summed E-state index contributed by atoms with van der Waals surface area (Å²) in [5, 5.41) is 0. The van der Waals surface area contributed by atoms with Crippen molar-refractivity contribution < 1.29 is 13.5 Å². The molecule has 2 aromatic carbocycles. The van der Waals surface area contributed by atoms with Gasteiger partial charge in [0.2, 0.25) is 5.88 Å². The number of H-pyrrole nitrogens is 1. The Morgan fingerprint density at radius 2 is 1.88 bits per heavy atom. The molecule has 0 amide bonds. The molecule has 8 heteroatoms. The number of hydrogen-bond donors (Lipinski definition) is 1. The summed E-state index contributed by atoms with van der Waals surface area (Å²) in [5.74, 6) is 0.365. The number of nitrogens with one attached hydrogen (secondary N) is 1. The molecule has 1 aliphatic rings. The van der Waals surface area contributed by atoms with Gasteiger partial charge in [-0.15, -0.1) is 0 Å². The maximum Gasteiger partial charge on any atom is 0.213 e. The third-order valence-electron chi connectivity index (χ3n) is 5.87. The Morgan fingerprint density at radius 1 is 1.06 bits per heavy atom. The van der Waals surface area contributed by atoms with E-state index < -0.39 is 11.9 Å². The van der Waals surface area contributed by atoms with Crippen LogP contribution in [0.2, 0.25) is 0 Å². The summed E-state index contributed by atoms with van der Waals surface area (Å²) in [6.07, 6.45) is 6.23. The third-order valence-corrected chi connectivity index (χ3v) is 5.87. The number of fused-ring (bicyclic) bond motifs is 1. The van der Waals surface area contributed by atoms with E-state index in [9.17, 15) is 4.39 Å². The molecule has 0 fully saturated rings. The second-order valence-electron chi connectivity index (χ2n) is 7.98. The summed E-state index contributed by atoms with van der Waals surface area (Å²) >= 11 is 0. The summed E-state index contributed by atoms with van der Waals surface area (Å²) in [5.41, 5.74) is 3.29. The molecule has 0 saturated carbocycles. The van der Waals surface area contributed by atoms with Gasteiger partial charge in [0.05, 0.1) is 36.4 Å². The zero-order valence-electron chi connectivity index (χ0n) is 18.6. The lowest BCUT2D eigenvalue weighted by Crippen LogP contribution is -2.38. The first-order valence-corrected chi connectivity index (χ1v) is 11.0. The Bertz CT molecular complexity index is 1310. The van der Waals surface area contributed by atoms with Crippen LogP contribution in [0.5, 0.6) is 5.88 Å².